The third kappa shape index (κ3) is 1.57. The molecule has 1 aromatic carbocycles. The minimum absolute atomic E-state index is 1.04. The van der Waals surface area contributed by atoms with Crippen molar-refractivity contribution >= 4 is 32.9 Å². The Morgan fingerprint density at radius 1 is 1.43 bits per heavy atom. The molecule has 1 heterocycles. The molecule has 68 valence electrons. The van der Waals surface area contributed by atoms with Gasteiger partial charge in [-0.3, -0.25) is 0 Å². The smallest absolute Gasteiger partial charge is 0.0912 e. The maximum Gasteiger partial charge on any atom is 0.0912 e. The Balaban J connectivity index is 2.59. The maximum absolute atomic E-state index is 8.43. The molecule has 0 aliphatic heterocycles. The van der Waals surface area contributed by atoms with Crippen LogP contribution in [0.25, 0.3) is 17.0 Å². The van der Waals surface area contributed by atoms with Crippen molar-refractivity contribution in [2.45, 2.75) is 0 Å². The lowest BCUT2D eigenvalue weighted by Gasteiger charge is -1.92. The van der Waals surface area contributed by atoms with E-state index in [-0.39, 0.29) is 0 Å². The van der Waals surface area contributed by atoms with Gasteiger partial charge in [-0.2, -0.15) is 5.26 Å². The Kier molecular flexibility index (Phi) is 2.38. The summed E-state index contributed by atoms with van der Waals surface area (Å²) in [5, 5.41) is 9.55. The molecule has 2 aromatic rings. The molecule has 0 atom stereocenters. The molecule has 0 spiro atoms. The van der Waals surface area contributed by atoms with Crippen molar-refractivity contribution in [3.05, 3.63) is 40.5 Å². The summed E-state index contributed by atoms with van der Waals surface area (Å²) >= 11 is 3.40. The number of aromatic amines is 1. The average Bonchev–Trinajstić information content (AvgIpc) is 2.57. The third-order valence-corrected chi connectivity index (χ3v) is 2.51. The zero-order chi connectivity index (χ0) is 9.97. The van der Waals surface area contributed by atoms with Crippen LogP contribution in [0.5, 0.6) is 0 Å². The van der Waals surface area contributed by atoms with E-state index in [1.165, 1.54) is 6.08 Å². The number of benzene rings is 1. The lowest BCUT2D eigenvalue weighted by Crippen LogP contribution is -1.69. The van der Waals surface area contributed by atoms with Crippen molar-refractivity contribution in [3.63, 3.8) is 0 Å². The zero-order valence-electron chi connectivity index (χ0n) is 7.29. The second-order valence-electron chi connectivity index (χ2n) is 2.90. The Labute approximate surface area is 90.0 Å². The number of rotatable bonds is 1. The summed E-state index contributed by atoms with van der Waals surface area (Å²) in [4.78, 5) is 3.15. The van der Waals surface area contributed by atoms with Gasteiger partial charge in [0.05, 0.1) is 6.07 Å². The van der Waals surface area contributed by atoms with Gasteiger partial charge in [-0.1, -0.05) is 22.0 Å². The normalized spacial score (nSPS) is 10.9. The molecule has 0 saturated heterocycles. The largest absolute Gasteiger partial charge is 0.361 e. The fourth-order valence-corrected chi connectivity index (χ4v) is 1.75. The summed E-state index contributed by atoms with van der Waals surface area (Å²) in [6.45, 7) is 0. The number of hydrogen-bond donors (Lipinski definition) is 1. The molecule has 0 fully saturated rings. The first kappa shape index (κ1) is 9.04. The summed E-state index contributed by atoms with van der Waals surface area (Å²) in [5.74, 6) is 0. The Morgan fingerprint density at radius 3 is 3.07 bits per heavy atom. The molecular weight excluding hydrogens is 240 g/mol. The molecule has 0 aliphatic carbocycles. The average molecular weight is 247 g/mol. The van der Waals surface area contributed by atoms with Gasteiger partial charge in [0, 0.05) is 33.2 Å². The van der Waals surface area contributed by atoms with E-state index in [4.69, 9.17) is 5.26 Å². The lowest BCUT2D eigenvalue weighted by molar-refractivity contribution is 1.47. The highest BCUT2D eigenvalue weighted by Crippen LogP contribution is 2.22. The molecule has 0 aliphatic rings. The van der Waals surface area contributed by atoms with Crippen LogP contribution < -0.4 is 0 Å². The predicted molar refractivity (Wildman–Crippen MR) is 60.6 cm³/mol. The van der Waals surface area contributed by atoms with E-state index in [0.717, 1.165) is 20.9 Å². The SMILES string of the molecule is N#CC=Cc1c[nH]c2cc(Br)ccc12. The summed E-state index contributed by atoms with van der Waals surface area (Å²) in [6.07, 6.45) is 5.17. The number of nitrogens with one attached hydrogen (secondary N) is 1. The van der Waals surface area contributed by atoms with Gasteiger partial charge in [-0.05, 0) is 18.2 Å². The highest BCUT2D eigenvalue weighted by atomic mass is 79.9. The van der Waals surface area contributed by atoms with Crippen LogP contribution in [0, 0.1) is 11.3 Å². The van der Waals surface area contributed by atoms with Gasteiger partial charge in [0.25, 0.3) is 0 Å². The number of fused-ring (bicyclic) bond motifs is 1. The number of nitrogens with zero attached hydrogens (tertiary/aromatic N) is 1. The molecule has 1 aromatic heterocycles. The molecule has 14 heavy (non-hydrogen) atoms. The summed E-state index contributed by atoms with van der Waals surface area (Å²) in [5.41, 5.74) is 2.10. The molecule has 1 N–H and O–H groups in total. The predicted octanol–water partition coefficient (Wildman–Crippen LogP) is 3.47. The third-order valence-electron chi connectivity index (χ3n) is 2.01. The van der Waals surface area contributed by atoms with Crippen molar-refractivity contribution in [1.82, 2.24) is 4.98 Å². The molecular formula is C11H7BrN2. The van der Waals surface area contributed by atoms with Crippen molar-refractivity contribution in [2.24, 2.45) is 0 Å². The van der Waals surface area contributed by atoms with Crippen LogP contribution in [0.4, 0.5) is 0 Å². The van der Waals surface area contributed by atoms with E-state index in [2.05, 4.69) is 20.9 Å². The van der Waals surface area contributed by atoms with E-state index >= 15 is 0 Å². The number of halogens is 1. The minimum atomic E-state index is 1.04. The fraction of sp³-hybridized carbons (Fsp3) is 0. The van der Waals surface area contributed by atoms with Gasteiger partial charge in [0.2, 0.25) is 0 Å². The van der Waals surface area contributed by atoms with Crippen molar-refractivity contribution in [3.8, 4) is 6.07 Å². The van der Waals surface area contributed by atoms with Crippen molar-refractivity contribution in [1.29, 1.82) is 5.26 Å². The Hall–Kier alpha value is -1.53. The second kappa shape index (κ2) is 3.69. The second-order valence-corrected chi connectivity index (χ2v) is 3.81. The lowest BCUT2D eigenvalue weighted by atomic mass is 10.2. The topological polar surface area (TPSA) is 39.6 Å². The van der Waals surface area contributed by atoms with Crippen molar-refractivity contribution in [2.75, 3.05) is 0 Å². The van der Waals surface area contributed by atoms with Gasteiger partial charge >= 0.3 is 0 Å². The van der Waals surface area contributed by atoms with E-state index in [1.54, 1.807) is 6.08 Å². The molecule has 0 unspecified atom stereocenters. The summed E-state index contributed by atoms with van der Waals surface area (Å²) in [7, 11) is 0. The van der Waals surface area contributed by atoms with Crippen LogP contribution in [0.1, 0.15) is 5.56 Å². The first-order chi connectivity index (χ1) is 6.81. The number of allylic oxidation sites excluding steroid dienone is 1. The first-order valence-corrected chi connectivity index (χ1v) is 4.93. The van der Waals surface area contributed by atoms with E-state index < -0.39 is 0 Å². The van der Waals surface area contributed by atoms with Gasteiger partial charge in [-0.25, -0.2) is 0 Å². The monoisotopic (exact) mass is 246 g/mol. The molecule has 0 amide bonds. The fourth-order valence-electron chi connectivity index (χ4n) is 1.39. The molecule has 2 rings (SSSR count). The van der Waals surface area contributed by atoms with Crippen LogP contribution in [-0.4, -0.2) is 4.98 Å². The number of H-pyrrole nitrogens is 1. The maximum atomic E-state index is 8.43. The minimum Gasteiger partial charge on any atom is -0.361 e. The standard InChI is InChI=1S/C11H7BrN2/c12-9-3-4-10-8(2-1-5-13)7-14-11(10)6-9/h1-4,6-7,14H. The van der Waals surface area contributed by atoms with Crippen LogP contribution in [0.2, 0.25) is 0 Å². The summed E-state index contributed by atoms with van der Waals surface area (Å²) in [6, 6.07) is 8.00. The highest BCUT2D eigenvalue weighted by Gasteiger charge is 2.00. The van der Waals surface area contributed by atoms with E-state index in [9.17, 15) is 0 Å². The zero-order valence-corrected chi connectivity index (χ0v) is 8.88. The molecule has 2 nitrogen and oxygen atoms in total. The Bertz CT molecular complexity index is 532. The van der Waals surface area contributed by atoms with Gasteiger partial charge in [0.15, 0.2) is 0 Å². The molecule has 0 bridgehead atoms. The van der Waals surface area contributed by atoms with Gasteiger partial charge in [0.1, 0.15) is 0 Å². The van der Waals surface area contributed by atoms with Gasteiger partial charge < -0.3 is 4.98 Å². The highest BCUT2D eigenvalue weighted by molar-refractivity contribution is 9.10. The summed E-state index contributed by atoms with van der Waals surface area (Å²) < 4.78 is 1.04. The molecule has 0 saturated carbocycles. The van der Waals surface area contributed by atoms with Gasteiger partial charge in [-0.15, -0.1) is 0 Å². The number of nitriles is 1. The van der Waals surface area contributed by atoms with Crippen LogP contribution in [0.15, 0.2) is 34.9 Å². The molecule has 3 heteroatoms. The van der Waals surface area contributed by atoms with E-state index in [0.29, 0.717) is 0 Å². The van der Waals surface area contributed by atoms with Crippen LogP contribution in [-0.2, 0) is 0 Å². The number of aromatic nitrogens is 1. The quantitative estimate of drug-likeness (QED) is 0.770. The first-order valence-electron chi connectivity index (χ1n) is 4.14. The van der Waals surface area contributed by atoms with Crippen LogP contribution in [0.3, 0.4) is 0 Å². The van der Waals surface area contributed by atoms with Crippen molar-refractivity contribution < 1.29 is 0 Å². The van der Waals surface area contributed by atoms with Crippen LogP contribution >= 0.6 is 15.9 Å². The molecule has 0 radical (unpaired) electrons. The number of hydrogen-bond acceptors (Lipinski definition) is 1. The Morgan fingerprint density at radius 2 is 2.29 bits per heavy atom. The van der Waals surface area contributed by atoms with E-state index in [1.807, 2.05) is 30.5 Å².